The van der Waals surface area contributed by atoms with E-state index >= 15 is 0 Å². The van der Waals surface area contributed by atoms with Gasteiger partial charge in [-0.1, -0.05) is 0 Å². The zero-order valence-electron chi connectivity index (χ0n) is 6.21. The van der Waals surface area contributed by atoms with Crippen LogP contribution >= 0.6 is 0 Å². The molecule has 0 amide bonds. The molecule has 3 nitrogen and oxygen atoms in total. The van der Waals surface area contributed by atoms with Crippen LogP contribution < -0.4 is 5.56 Å². The smallest absolute Gasteiger partial charge is 0.254 e. The lowest BCUT2D eigenvalue weighted by Crippen LogP contribution is -2.26. The summed E-state index contributed by atoms with van der Waals surface area (Å²) in [5, 5.41) is 0. The lowest BCUT2D eigenvalue weighted by molar-refractivity contribution is 0.495. The molecule has 2 rings (SSSR count). The Balaban J connectivity index is 2.58. The highest BCUT2D eigenvalue weighted by atomic mass is 16.1. The predicted octanol–water partition coefficient (Wildman–Crippen LogP) is 0.380. The Labute approximate surface area is 64.7 Å². The highest BCUT2D eigenvalue weighted by Crippen LogP contribution is 2.07. The largest absolute Gasteiger partial charge is 0.297 e. The first kappa shape index (κ1) is 6.58. The number of rotatable bonds is 0. The Bertz CT molecular complexity index is 316. The normalized spacial score (nSPS) is 16.0. The maximum Gasteiger partial charge on any atom is 0.254 e. The fourth-order valence-corrected chi connectivity index (χ4v) is 1.41. The molecule has 0 bridgehead atoms. The van der Waals surface area contributed by atoms with Crippen molar-refractivity contribution in [3.05, 3.63) is 28.4 Å². The zero-order chi connectivity index (χ0) is 7.68. The molecule has 1 aliphatic heterocycles. The van der Waals surface area contributed by atoms with Crippen LogP contribution in [0.25, 0.3) is 0 Å². The molecule has 2 heterocycles. The summed E-state index contributed by atoms with van der Waals surface area (Å²) in [4.78, 5) is 15.2. The molecule has 3 heteroatoms. The van der Waals surface area contributed by atoms with Crippen LogP contribution in [0.1, 0.15) is 18.7 Å². The van der Waals surface area contributed by atoms with Crippen LogP contribution in [0.3, 0.4) is 0 Å². The van der Waals surface area contributed by atoms with E-state index in [1.807, 2.05) is 0 Å². The van der Waals surface area contributed by atoms with Gasteiger partial charge in [-0.25, -0.2) is 4.98 Å². The molecule has 0 saturated carbocycles. The van der Waals surface area contributed by atoms with Crippen molar-refractivity contribution in [2.45, 2.75) is 25.8 Å². The van der Waals surface area contributed by atoms with E-state index in [1.165, 1.54) is 6.07 Å². The van der Waals surface area contributed by atoms with E-state index in [4.69, 9.17) is 0 Å². The molecular formula is C8H9N2O. The summed E-state index contributed by atoms with van der Waals surface area (Å²) in [5.74, 6) is 0.892. The van der Waals surface area contributed by atoms with Gasteiger partial charge in [0.15, 0.2) is 0 Å². The molecule has 1 aromatic heterocycles. The number of aryl methyl sites for hydroxylation is 1. The van der Waals surface area contributed by atoms with E-state index in [0.717, 1.165) is 31.6 Å². The van der Waals surface area contributed by atoms with Gasteiger partial charge in [-0.15, -0.1) is 0 Å². The third-order valence-corrected chi connectivity index (χ3v) is 1.99. The Morgan fingerprint density at radius 3 is 3.27 bits per heavy atom. The van der Waals surface area contributed by atoms with E-state index in [2.05, 4.69) is 11.2 Å². The van der Waals surface area contributed by atoms with Gasteiger partial charge in [-0.2, -0.15) is 0 Å². The number of aromatic nitrogens is 2. The molecule has 11 heavy (non-hydrogen) atoms. The third kappa shape index (κ3) is 1.06. The lowest BCUT2D eigenvalue weighted by atomic mass is 10.1. The fraction of sp³-hybridized carbons (Fsp3) is 0.500. The maximum atomic E-state index is 11.2. The van der Waals surface area contributed by atoms with E-state index in [9.17, 15) is 4.79 Å². The molecule has 0 unspecified atom stereocenters. The van der Waals surface area contributed by atoms with Gasteiger partial charge in [0.05, 0.1) is 6.20 Å². The Morgan fingerprint density at radius 2 is 2.45 bits per heavy atom. The average molecular weight is 149 g/mol. The topological polar surface area (TPSA) is 34.9 Å². The minimum atomic E-state index is 0.0368. The summed E-state index contributed by atoms with van der Waals surface area (Å²) in [6.45, 7) is 0.829. The minimum absolute atomic E-state index is 0.0368. The van der Waals surface area contributed by atoms with Crippen molar-refractivity contribution in [2.24, 2.45) is 0 Å². The minimum Gasteiger partial charge on any atom is -0.297 e. The molecule has 1 radical (unpaired) electrons. The van der Waals surface area contributed by atoms with Crippen LogP contribution in [-0.2, 0) is 13.0 Å². The molecule has 57 valence electrons. The standard InChI is InChI=1S/C8H9N2O/c11-8-4-5-9-7-3-1-2-6-10(7)8/h4H,1-3,6H2. The molecule has 0 atom stereocenters. The van der Waals surface area contributed by atoms with Crippen LogP contribution in [0.5, 0.6) is 0 Å². The van der Waals surface area contributed by atoms with Crippen molar-refractivity contribution >= 4 is 0 Å². The zero-order valence-corrected chi connectivity index (χ0v) is 6.21. The van der Waals surface area contributed by atoms with Crippen LogP contribution in [-0.4, -0.2) is 9.55 Å². The molecule has 0 fully saturated rings. The molecular weight excluding hydrogens is 140 g/mol. The van der Waals surface area contributed by atoms with Crippen molar-refractivity contribution in [1.82, 2.24) is 9.55 Å². The summed E-state index contributed by atoms with van der Waals surface area (Å²) >= 11 is 0. The van der Waals surface area contributed by atoms with Crippen LogP contribution in [0.15, 0.2) is 10.9 Å². The first-order valence-corrected chi connectivity index (χ1v) is 3.85. The van der Waals surface area contributed by atoms with Gasteiger partial charge in [0.25, 0.3) is 5.56 Å². The van der Waals surface area contributed by atoms with E-state index in [-0.39, 0.29) is 5.56 Å². The quantitative estimate of drug-likeness (QED) is 0.534. The molecule has 0 saturated heterocycles. The van der Waals surface area contributed by atoms with E-state index in [0.29, 0.717) is 0 Å². The van der Waals surface area contributed by atoms with Gasteiger partial charge in [0.2, 0.25) is 0 Å². The number of nitrogens with zero attached hydrogens (tertiary/aromatic N) is 2. The maximum absolute atomic E-state index is 11.2. The lowest BCUT2D eigenvalue weighted by Gasteiger charge is -2.15. The third-order valence-electron chi connectivity index (χ3n) is 1.99. The van der Waals surface area contributed by atoms with Crippen molar-refractivity contribution in [1.29, 1.82) is 0 Å². The Morgan fingerprint density at radius 1 is 1.55 bits per heavy atom. The highest BCUT2D eigenvalue weighted by Gasteiger charge is 2.09. The molecule has 0 spiro atoms. The first-order valence-electron chi connectivity index (χ1n) is 3.85. The average Bonchev–Trinajstić information content (AvgIpc) is 2.06. The van der Waals surface area contributed by atoms with Crippen molar-refractivity contribution in [3.63, 3.8) is 0 Å². The van der Waals surface area contributed by atoms with Gasteiger partial charge in [0, 0.05) is 19.0 Å². The second kappa shape index (κ2) is 2.49. The van der Waals surface area contributed by atoms with E-state index in [1.54, 1.807) is 4.57 Å². The van der Waals surface area contributed by atoms with Gasteiger partial charge < -0.3 is 0 Å². The Hall–Kier alpha value is -1.12. The number of fused-ring (bicyclic) bond motifs is 1. The van der Waals surface area contributed by atoms with Crippen molar-refractivity contribution in [2.75, 3.05) is 0 Å². The predicted molar refractivity (Wildman–Crippen MR) is 40.3 cm³/mol. The van der Waals surface area contributed by atoms with Gasteiger partial charge >= 0.3 is 0 Å². The molecule has 0 N–H and O–H groups in total. The summed E-state index contributed by atoms with van der Waals surface area (Å²) in [7, 11) is 0. The summed E-state index contributed by atoms with van der Waals surface area (Å²) < 4.78 is 1.74. The number of hydrogen-bond donors (Lipinski definition) is 0. The first-order chi connectivity index (χ1) is 5.38. The van der Waals surface area contributed by atoms with Crippen LogP contribution in [0, 0.1) is 6.20 Å². The van der Waals surface area contributed by atoms with Gasteiger partial charge in [-0.3, -0.25) is 9.36 Å². The monoisotopic (exact) mass is 149 g/mol. The molecule has 1 aromatic rings. The van der Waals surface area contributed by atoms with Crippen molar-refractivity contribution in [3.8, 4) is 0 Å². The molecule has 0 aliphatic carbocycles. The van der Waals surface area contributed by atoms with Crippen molar-refractivity contribution < 1.29 is 0 Å². The van der Waals surface area contributed by atoms with Crippen LogP contribution in [0.4, 0.5) is 0 Å². The van der Waals surface area contributed by atoms with Gasteiger partial charge in [-0.05, 0) is 12.8 Å². The molecule has 0 aromatic carbocycles. The fourth-order valence-electron chi connectivity index (χ4n) is 1.41. The van der Waals surface area contributed by atoms with E-state index < -0.39 is 0 Å². The summed E-state index contributed by atoms with van der Waals surface area (Å²) in [6.07, 6.45) is 5.77. The summed E-state index contributed by atoms with van der Waals surface area (Å²) in [6, 6.07) is 1.40. The number of hydrogen-bond acceptors (Lipinski definition) is 2. The Kier molecular flexibility index (Phi) is 1.49. The molecule has 1 aliphatic rings. The highest BCUT2D eigenvalue weighted by molar-refractivity contribution is 4.95. The SMILES string of the molecule is O=c1c[c]nc2n1CCCC2. The second-order valence-electron chi connectivity index (χ2n) is 2.75. The second-order valence-corrected chi connectivity index (χ2v) is 2.75. The summed E-state index contributed by atoms with van der Waals surface area (Å²) in [5.41, 5.74) is 0.0368. The van der Waals surface area contributed by atoms with Gasteiger partial charge in [0.1, 0.15) is 5.82 Å². The van der Waals surface area contributed by atoms with Crippen LogP contribution in [0.2, 0.25) is 0 Å².